The highest BCUT2D eigenvalue weighted by Crippen LogP contribution is 2.15. The lowest BCUT2D eigenvalue weighted by Gasteiger charge is -2.27. The monoisotopic (exact) mass is 492 g/mol. The van der Waals surface area contributed by atoms with E-state index >= 15 is 0 Å². The minimum atomic E-state index is -0.554. The first kappa shape index (κ1) is 28.7. The third kappa shape index (κ3) is 11.6. The van der Waals surface area contributed by atoms with Crippen molar-refractivity contribution in [2.45, 2.75) is 59.3 Å². The first-order chi connectivity index (χ1) is 16.2. The zero-order valence-electron chi connectivity index (χ0n) is 21.9. The Hall–Kier alpha value is -2.56. The van der Waals surface area contributed by atoms with Crippen molar-refractivity contribution >= 4 is 17.6 Å². The number of carbonyl (C=O) groups is 2. The van der Waals surface area contributed by atoms with Crippen molar-refractivity contribution in [3.05, 3.63) is 39.9 Å². The van der Waals surface area contributed by atoms with Crippen LogP contribution < -0.4 is 0 Å². The highest BCUT2D eigenvalue weighted by Gasteiger charge is 2.24. The number of nitrogens with zero attached hydrogens (tertiary/aromatic N) is 4. The number of benzene rings is 1. The van der Waals surface area contributed by atoms with E-state index in [9.17, 15) is 19.7 Å². The topological polar surface area (TPSA) is 105 Å². The molecule has 1 saturated heterocycles. The van der Waals surface area contributed by atoms with E-state index in [1.54, 1.807) is 12.1 Å². The van der Waals surface area contributed by atoms with Crippen molar-refractivity contribution in [2.75, 3.05) is 52.4 Å². The molecular formula is C25H40N4O6. The van der Waals surface area contributed by atoms with Crippen LogP contribution in [0.4, 0.5) is 5.69 Å². The summed E-state index contributed by atoms with van der Waals surface area (Å²) in [6.45, 7) is 16.0. The van der Waals surface area contributed by atoms with Crippen molar-refractivity contribution in [1.82, 2.24) is 14.7 Å². The average Bonchev–Trinajstić information content (AvgIpc) is 2.78. The van der Waals surface area contributed by atoms with Gasteiger partial charge in [0.25, 0.3) is 5.69 Å². The fourth-order valence-corrected chi connectivity index (χ4v) is 3.75. The van der Waals surface area contributed by atoms with Gasteiger partial charge in [-0.2, -0.15) is 0 Å². The third-order valence-electron chi connectivity index (χ3n) is 5.30. The van der Waals surface area contributed by atoms with E-state index < -0.39 is 16.1 Å². The van der Waals surface area contributed by atoms with Crippen molar-refractivity contribution < 1.29 is 24.0 Å². The molecule has 196 valence electrons. The van der Waals surface area contributed by atoms with Gasteiger partial charge in [-0.05, 0) is 47.1 Å². The summed E-state index contributed by atoms with van der Waals surface area (Å²) >= 11 is 0. The van der Waals surface area contributed by atoms with Gasteiger partial charge in [0, 0.05) is 57.9 Å². The van der Waals surface area contributed by atoms with Crippen LogP contribution in [0.5, 0.6) is 0 Å². The van der Waals surface area contributed by atoms with Crippen molar-refractivity contribution in [2.24, 2.45) is 0 Å². The maximum Gasteiger partial charge on any atom is 0.320 e. The second-order valence-corrected chi connectivity index (χ2v) is 10.9. The largest absolute Gasteiger partial charge is 0.459 e. The average molecular weight is 493 g/mol. The number of non-ortho nitro benzene ring substituents is 1. The van der Waals surface area contributed by atoms with Gasteiger partial charge < -0.3 is 9.47 Å². The molecule has 35 heavy (non-hydrogen) atoms. The van der Waals surface area contributed by atoms with Crippen LogP contribution in [0.25, 0.3) is 0 Å². The molecule has 0 bridgehead atoms. The quantitative estimate of drug-likeness (QED) is 0.323. The first-order valence-corrected chi connectivity index (χ1v) is 12.0. The van der Waals surface area contributed by atoms with E-state index in [2.05, 4.69) is 4.90 Å². The number of esters is 2. The second kappa shape index (κ2) is 12.4. The van der Waals surface area contributed by atoms with Crippen molar-refractivity contribution in [3.63, 3.8) is 0 Å². The van der Waals surface area contributed by atoms with E-state index in [4.69, 9.17) is 9.47 Å². The molecule has 10 nitrogen and oxygen atoms in total. The molecule has 10 heteroatoms. The minimum absolute atomic E-state index is 0.0605. The highest BCUT2D eigenvalue weighted by atomic mass is 16.6. The molecular weight excluding hydrogens is 452 g/mol. The van der Waals surface area contributed by atoms with E-state index in [0.29, 0.717) is 45.8 Å². The molecule has 0 spiro atoms. The summed E-state index contributed by atoms with van der Waals surface area (Å²) in [5.41, 5.74) is -0.0828. The number of hydrogen-bond donors (Lipinski definition) is 0. The van der Waals surface area contributed by atoms with Crippen molar-refractivity contribution in [1.29, 1.82) is 0 Å². The predicted octanol–water partition coefficient (Wildman–Crippen LogP) is 2.70. The second-order valence-electron chi connectivity index (χ2n) is 10.9. The lowest BCUT2D eigenvalue weighted by molar-refractivity contribution is -0.384. The molecule has 1 aromatic rings. The Kier molecular flexibility index (Phi) is 10.2. The lowest BCUT2D eigenvalue weighted by atomic mass is 10.2. The molecule has 0 aliphatic carbocycles. The van der Waals surface area contributed by atoms with Gasteiger partial charge in [0.05, 0.1) is 18.0 Å². The summed E-state index contributed by atoms with van der Waals surface area (Å²) in [6.07, 6.45) is 0. The Morgan fingerprint density at radius 3 is 1.49 bits per heavy atom. The van der Waals surface area contributed by atoms with E-state index in [1.165, 1.54) is 12.1 Å². The zero-order valence-corrected chi connectivity index (χ0v) is 21.9. The summed E-state index contributed by atoms with van der Waals surface area (Å²) in [4.78, 5) is 41.8. The molecule has 0 unspecified atom stereocenters. The fourth-order valence-electron chi connectivity index (χ4n) is 3.75. The van der Waals surface area contributed by atoms with Gasteiger partial charge >= 0.3 is 11.9 Å². The summed E-state index contributed by atoms with van der Waals surface area (Å²) in [6, 6.07) is 6.55. The molecule has 0 atom stereocenters. The Morgan fingerprint density at radius 1 is 0.771 bits per heavy atom. The minimum Gasteiger partial charge on any atom is -0.459 e. The van der Waals surface area contributed by atoms with Gasteiger partial charge in [-0.1, -0.05) is 12.1 Å². The molecule has 0 amide bonds. The predicted molar refractivity (Wildman–Crippen MR) is 133 cm³/mol. The molecule has 1 aromatic carbocycles. The van der Waals surface area contributed by atoms with E-state index in [-0.39, 0.29) is 30.7 Å². The number of hydrogen-bond acceptors (Lipinski definition) is 9. The molecule has 1 aliphatic heterocycles. The van der Waals surface area contributed by atoms with Gasteiger partial charge in [0.15, 0.2) is 0 Å². The van der Waals surface area contributed by atoms with Crippen LogP contribution >= 0.6 is 0 Å². The van der Waals surface area contributed by atoms with Crippen LogP contribution in [-0.2, 0) is 25.6 Å². The maximum absolute atomic E-state index is 12.5. The first-order valence-electron chi connectivity index (χ1n) is 12.0. The van der Waals surface area contributed by atoms with Crippen LogP contribution in [-0.4, -0.2) is 95.1 Å². The number of carbonyl (C=O) groups excluding carboxylic acids is 2. The van der Waals surface area contributed by atoms with E-state index in [0.717, 1.165) is 5.56 Å². The number of ether oxygens (including phenoxy) is 2. The van der Waals surface area contributed by atoms with Crippen LogP contribution in [0.2, 0.25) is 0 Å². The SMILES string of the molecule is CC(C)(C)OC(=O)CN1CCN(CC(=O)OC(C)(C)C)CCN(Cc2ccc([N+](=O)[O-])cc2)CC1. The van der Waals surface area contributed by atoms with E-state index in [1.807, 2.05) is 51.3 Å². The summed E-state index contributed by atoms with van der Waals surface area (Å²) in [5, 5.41) is 11.0. The van der Waals surface area contributed by atoms with Crippen LogP contribution in [0.3, 0.4) is 0 Å². The lowest BCUT2D eigenvalue weighted by Crippen LogP contribution is -2.42. The molecule has 0 saturated carbocycles. The molecule has 0 radical (unpaired) electrons. The number of nitro benzene ring substituents is 1. The Morgan fingerprint density at radius 2 is 1.14 bits per heavy atom. The van der Waals surface area contributed by atoms with Crippen LogP contribution in [0, 0.1) is 10.1 Å². The Labute approximate surface area is 208 Å². The van der Waals surface area contributed by atoms with Gasteiger partial charge in [0.2, 0.25) is 0 Å². The normalized spacial score (nSPS) is 17.2. The Balaban J connectivity index is 2.10. The fraction of sp³-hybridized carbons (Fsp3) is 0.680. The molecule has 0 N–H and O–H groups in total. The smallest absolute Gasteiger partial charge is 0.320 e. The molecule has 1 heterocycles. The number of rotatable bonds is 7. The van der Waals surface area contributed by atoms with Gasteiger partial charge in [0.1, 0.15) is 11.2 Å². The maximum atomic E-state index is 12.5. The Bertz CT molecular complexity index is 818. The summed E-state index contributed by atoms with van der Waals surface area (Å²) in [7, 11) is 0. The summed E-state index contributed by atoms with van der Waals surface area (Å²) in [5.74, 6) is -0.560. The molecule has 0 aromatic heterocycles. The van der Waals surface area contributed by atoms with Crippen LogP contribution in [0.15, 0.2) is 24.3 Å². The molecule has 2 rings (SSSR count). The highest BCUT2D eigenvalue weighted by molar-refractivity contribution is 5.72. The number of nitro groups is 1. The molecule has 1 fully saturated rings. The third-order valence-corrected chi connectivity index (χ3v) is 5.30. The standard InChI is InChI=1S/C25H40N4O6/c1-24(2,3)34-22(30)18-27-13-11-26(17-20-7-9-21(10-8-20)29(32)33)12-14-28(16-15-27)19-23(31)35-25(4,5)6/h7-10H,11-19H2,1-6H3. The zero-order chi connectivity index (χ0) is 26.2. The van der Waals surface area contributed by atoms with Gasteiger partial charge in [-0.15, -0.1) is 0 Å². The van der Waals surface area contributed by atoms with Gasteiger partial charge in [-0.25, -0.2) is 0 Å². The molecule has 1 aliphatic rings. The summed E-state index contributed by atoms with van der Waals surface area (Å²) < 4.78 is 11.0. The van der Waals surface area contributed by atoms with Gasteiger partial charge in [-0.3, -0.25) is 34.4 Å². The van der Waals surface area contributed by atoms with Crippen LogP contribution in [0.1, 0.15) is 47.1 Å². The van der Waals surface area contributed by atoms with Crippen molar-refractivity contribution in [3.8, 4) is 0 Å².